The Morgan fingerprint density at radius 3 is 2.52 bits per heavy atom. The van der Waals surface area contributed by atoms with Gasteiger partial charge in [-0.3, -0.25) is 9.59 Å². The maximum absolute atomic E-state index is 13.2. The average molecular weight is 393 g/mol. The van der Waals surface area contributed by atoms with Gasteiger partial charge >= 0.3 is 0 Å². The van der Waals surface area contributed by atoms with Crippen LogP contribution in [0.1, 0.15) is 31.7 Å². The van der Waals surface area contributed by atoms with E-state index in [9.17, 15) is 9.59 Å². The number of piperidine rings is 1. The lowest BCUT2D eigenvalue weighted by atomic mass is 9.90. The molecule has 2 aliphatic heterocycles. The molecule has 2 aromatic rings. The quantitative estimate of drug-likeness (QED) is 0.839. The summed E-state index contributed by atoms with van der Waals surface area (Å²) >= 11 is 0. The summed E-state index contributed by atoms with van der Waals surface area (Å²) in [6.45, 7) is 4.51. The number of likely N-dealkylation sites (tertiary alicyclic amines) is 1. The summed E-state index contributed by atoms with van der Waals surface area (Å²) in [6.07, 6.45) is 3.77. The van der Waals surface area contributed by atoms with Crippen LogP contribution in [-0.2, 0) is 16.0 Å². The fraction of sp³-hybridized carbons (Fsp3) is 0.417. The van der Waals surface area contributed by atoms with Crippen LogP contribution in [0.15, 0.2) is 54.6 Å². The van der Waals surface area contributed by atoms with Gasteiger partial charge in [-0.25, -0.2) is 0 Å². The molecular formula is C24H30N3O2+. The fourth-order valence-electron chi connectivity index (χ4n) is 4.68. The van der Waals surface area contributed by atoms with Gasteiger partial charge in [0.1, 0.15) is 0 Å². The fourth-order valence-corrected chi connectivity index (χ4v) is 4.68. The molecule has 0 bridgehead atoms. The molecule has 0 spiro atoms. The minimum atomic E-state index is -0.138. The van der Waals surface area contributed by atoms with Crippen LogP contribution in [0.2, 0.25) is 0 Å². The number of nitrogens with one attached hydrogen (secondary N) is 2. The highest BCUT2D eigenvalue weighted by Gasteiger charge is 2.32. The largest absolute Gasteiger partial charge is 0.327 e. The van der Waals surface area contributed by atoms with E-state index in [1.54, 1.807) is 0 Å². The molecule has 29 heavy (non-hydrogen) atoms. The number of para-hydroxylation sites is 2. The molecule has 1 fully saturated rings. The predicted molar refractivity (Wildman–Crippen MR) is 115 cm³/mol. The number of carbonyl (C=O) groups is 2. The summed E-state index contributed by atoms with van der Waals surface area (Å²) in [4.78, 5) is 28.6. The summed E-state index contributed by atoms with van der Waals surface area (Å²) in [7, 11) is 0. The molecule has 152 valence electrons. The van der Waals surface area contributed by atoms with E-state index in [4.69, 9.17) is 0 Å². The first kappa shape index (κ1) is 19.6. The number of hydrogen-bond donors (Lipinski definition) is 2. The van der Waals surface area contributed by atoms with Crippen molar-refractivity contribution in [1.29, 1.82) is 0 Å². The molecule has 5 heteroatoms. The Kier molecular flexibility index (Phi) is 5.95. The second kappa shape index (κ2) is 8.78. The van der Waals surface area contributed by atoms with Gasteiger partial charge in [0, 0.05) is 12.5 Å². The van der Waals surface area contributed by atoms with Crippen molar-refractivity contribution in [2.45, 2.75) is 38.6 Å². The Balaban J connectivity index is 1.38. The third kappa shape index (κ3) is 4.67. The molecule has 2 aliphatic rings. The summed E-state index contributed by atoms with van der Waals surface area (Å²) in [5.41, 5.74) is 2.95. The SMILES string of the molecule is C[C@H]1CC(=O)Nc2ccccc2N1C(=O)C[NH+]1CCC(Cc2ccccc2)CC1. The molecule has 5 nitrogen and oxygen atoms in total. The molecule has 2 amide bonds. The van der Waals surface area contributed by atoms with Crippen molar-refractivity contribution in [3.63, 3.8) is 0 Å². The van der Waals surface area contributed by atoms with Gasteiger partial charge in [-0.05, 0) is 49.8 Å². The van der Waals surface area contributed by atoms with E-state index in [-0.39, 0.29) is 17.9 Å². The number of rotatable bonds is 4. The molecule has 0 radical (unpaired) electrons. The predicted octanol–water partition coefficient (Wildman–Crippen LogP) is 2.29. The zero-order valence-electron chi connectivity index (χ0n) is 17.1. The van der Waals surface area contributed by atoms with E-state index in [0.717, 1.165) is 43.7 Å². The average Bonchev–Trinajstić information content (AvgIpc) is 2.84. The van der Waals surface area contributed by atoms with Crippen LogP contribution in [0.4, 0.5) is 11.4 Å². The van der Waals surface area contributed by atoms with Crippen LogP contribution < -0.4 is 15.1 Å². The highest BCUT2D eigenvalue weighted by molar-refractivity contribution is 6.04. The number of quaternary nitrogens is 1. The van der Waals surface area contributed by atoms with Crippen LogP contribution in [0.25, 0.3) is 0 Å². The van der Waals surface area contributed by atoms with Gasteiger partial charge in [-0.15, -0.1) is 0 Å². The van der Waals surface area contributed by atoms with Gasteiger partial charge in [0.05, 0.1) is 24.5 Å². The van der Waals surface area contributed by atoms with Crippen LogP contribution >= 0.6 is 0 Å². The van der Waals surface area contributed by atoms with Gasteiger partial charge in [0.15, 0.2) is 6.54 Å². The third-order valence-electron chi connectivity index (χ3n) is 6.21. The molecule has 4 rings (SSSR count). The molecule has 2 N–H and O–H groups in total. The van der Waals surface area contributed by atoms with Gasteiger partial charge in [0.25, 0.3) is 5.91 Å². The Morgan fingerprint density at radius 1 is 1.07 bits per heavy atom. The summed E-state index contributed by atoms with van der Waals surface area (Å²) < 4.78 is 0. The van der Waals surface area contributed by atoms with Crippen LogP contribution in [0.5, 0.6) is 0 Å². The first-order valence-corrected chi connectivity index (χ1v) is 10.7. The van der Waals surface area contributed by atoms with E-state index in [1.807, 2.05) is 36.1 Å². The van der Waals surface area contributed by atoms with E-state index < -0.39 is 0 Å². The second-order valence-corrected chi connectivity index (χ2v) is 8.44. The van der Waals surface area contributed by atoms with E-state index in [1.165, 1.54) is 10.5 Å². The third-order valence-corrected chi connectivity index (χ3v) is 6.21. The number of fused-ring (bicyclic) bond motifs is 1. The minimum absolute atomic E-state index is 0.0330. The number of amides is 2. The van der Waals surface area contributed by atoms with Gasteiger partial charge in [0.2, 0.25) is 5.91 Å². The molecule has 0 aliphatic carbocycles. The molecule has 1 atom stereocenters. The Labute approximate surface area is 172 Å². The second-order valence-electron chi connectivity index (χ2n) is 8.44. The standard InChI is InChI=1S/C24H29N3O2/c1-18-15-23(28)25-21-9-5-6-10-22(21)27(18)24(29)17-26-13-11-20(12-14-26)16-19-7-3-2-4-8-19/h2-10,18,20H,11-17H2,1H3,(H,25,28)/p+1/t18-/m0/s1. The zero-order valence-corrected chi connectivity index (χ0v) is 17.1. The highest BCUT2D eigenvalue weighted by Crippen LogP contribution is 2.31. The van der Waals surface area contributed by atoms with Crippen LogP contribution in [0.3, 0.4) is 0 Å². The lowest BCUT2D eigenvalue weighted by Crippen LogP contribution is -3.14. The maximum Gasteiger partial charge on any atom is 0.282 e. The van der Waals surface area contributed by atoms with E-state index in [0.29, 0.717) is 18.9 Å². The Hall–Kier alpha value is -2.66. The number of hydrogen-bond acceptors (Lipinski definition) is 2. The molecule has 2 aromatic carbocycles. The van der Waals surface area contributed by atoms with Crippen molar-refractivity contribution < 1.29 is 14.5 Å². The highest BCUT2D eigenvalue weighted by atomic mass is 16.2. The van der Waals surface area contributed by atoms with E-state index in [2.05, 4.69) is 35.6 Å². The summed E-state index contributed by atoms with van der Waals surface area (Å²) in [6, 6.07) is 18.2. The van der Waals surface area contributed by atoms with Crippen molar-refractivity contribution in [3.8, 4) is 0 Å². The Bertz CT molecular complexity index is 859. The summed E-state index contributed by atoms with van der Waals surface area (Å²) in [5, 5.41) is 2.93. The number of carbonyl (C=O) groups excluding carboxylic acids is 2. The van der Waals surface area contributed by atoms with Crippen molar-refractivity contribution in [3.05, 3.63) is 60.2 Å². The van der Waals surface area contributed by atoms with E-state index >= 15 is 0 Å². The van der Waals surface area contributed by atoms with Gasteiger partial charge < -0.3 is 15.1 Å². The lowest BCUT2D eigenvalue weighted by molar-refractivity contribution is -0.898. The normalized spacial score (nSPS) is 24.4. The van der Waals surface area contributed by atoms with Crippen molar-refractivity contribution in [2.24, 2.45) is 5.92 Å². The van der Waals surface area contributed by atoms with Crippen molar-refractivity contribution >= 4 is 23.2 Å². The molecule has 2 heterocycles. The van der Waals surface area contributed by atoms with Crippen LogP contribution in [-0.4, -0.2) is 37.5 Å². The first-order valence-electron chi connectivity index (χ1n) is 10.7. The van der Waals surface area contributed by atoms with Gasteiger partial charge in [-0.2, -0.15) is 0 Å². The molecular weight excluding hydrogens is 362 g/mol. The topological polar surface area (TPSA) is 53.9 Å². The van der Waals surface area contributed by atoms with Crippen molar-refractivity contribution in [1.82, 2.24) is 0 Å². The molecule has 0 unspecified atom stereocenters. The molecule has 0 saturated carbocycles. The molecule has 1 saturated heterocycles. The lowest BCUT2D eigenvalue weighted by Gasteiger charge is -2.32. The maximum atomic E-state index is 13.2. The number of anilines is 2. The minimum Gasteiger partial charge on any atom is -0.327 e. The monoisotopic (exact) mass is 392 g/mol. The number of nitrogens with zero attached hydrogens (tertiary/aromatic N) is 1. The number of benzene rings is 2. The summed E-state index contributed by atoms with van der Waals surface area (Å²) in [5.74, 6) is 0.781. The Morgan fingerprint density at radius 2 is 1.76 bits per heavy atom. The van der Waals surface area contributed by atoms with Crippen molar-refractivity contribution in [2.75, 3.05) is 29.9 Å². The molecule has 0 aromatic heterocycles. The van der Waals surface area contributed by atoms with Crippen LogP contribution in [0, 0.1) is 5.92 Å². The first-order chi connectivity index (χ1) is 14.1. The smallest absolute Gasteiger partial charge is 0.282 e. The zero-order chi connectivity index (χ0) is 20.2. The van der Waals surface area contributed by atoms with Gasteiger partial charge in [-0.1, -0.05) is 42.5 Å².